The van der Waals surface area contributed by atoms with Gasteiger partial charge in [0, 0.05) is 44.0 Å². The van der Waals surface area contributed by atoms with Gasteiger partial charge in [0.1, 0.15) is 5.82 Å². The third-order valence-electron chi connectivity index (χ3n) is 6.01. The van der Waals surface area contributed by atoms with Crippen molar-refractivity contribution in [1.29, 1.82) is 0 Å². The lowest BCUT2D eigenvalue weighted by atomic mass is 9.96. The Kier molecular flexibility index (Phi) is 4.76. The van der Waals surface area contributed by atoms with Gasteiger partial charge in [-0.25, -0.2) is 0 Å². The van der Waals surface area contributed by atoms with E-state index in [2.05, 4.69) is 43.9 Å². The average Bonchev–Trinajstić information content (AvgIpc) is 3.24. The first-order valence-corrected chi connectivity index (χ1v) is 10.4. The second-order valence-corrected chi connectivity index (χ2v) is 7.74. The van der Waals surface area contributed by atoms with Crippen molar-refractivity contribution in [2.24, 2.45) is 0 Å². The molecule has 6 nitrogen and oxygen atoms in total. The van der Waals surface area contributed by atoms with E-state index < -0.39 is 0 Å². The van der Waals surface area contributed by atoms with Gasteiger partial charge < -0.3 is 14.4 Å². The van der Waals surface area contributed by atoms with Crippen LogP contribution in [0.2, 0.25) is 0 Å². The Hall–Kier alpha value is -3.15. The molecule has 148 valence electrons. The number of hydrogen-bond donors (Lipinski definition) is 0. The molecular formula is C23H25N5O. The molecule has 0 radical (unpaired) electrons. The number of carbonyl (C=O) groups is 1. The number of rotatable bonds is 3. The molecule has 1 unspecified atom stereocenters. The highest BCUT2D eigenvalue weighted by atomic mass is 16.2. The second kappa shape index (κ2) is 7.70. The van der Waals surface area contributed by atoms with Gasteiger partial charge in [0.15, 0.2) is 5.82 Å². The Balaban J connectivity index is 1.32. The van der Waals surface area contributed by atoms with Crippen molar-refractivity contribution in [3.8, 4) is 11.4 Å². The lowest BCUT2D eigenvalue weighted by Crippen LogP contribution is -2.50. The van der Waals surface area contributed by atoms with Crippen LogP contribution in [-0.4, -0.2) is 51.8 Å². The van der Waals surface area contributed by atoms with Crippen molar-refractivity contribution < 1.29 is 4.79 Å². The maximum absolute atomic E-state index is 13.3. The van der Waals surface area contributed by atoms with E-state index in [1.54, 1.807) is 0 Å². The van der Waals surface area contributed by atoms with Gasteiger partial charge in [-0.05, 0) is 25.0 Å². The van der Waals surface area contributed by atoms with Gasteiger partial charge >= 0.3 is 0 Å². The van der Waals surface area contributed by atoms with Crippen LogP contribution in [0.4, 0.5) is 5.69 Å². The predicted octanol–water partition coefficient (Wildman–Crippen LogP) is 3.17. The van der Waals surface area contributed by atoms with E-state index in [4.69, 9.17) is 0 Å². The summed E-state index contributed by atoms with van der Waals surface area (Å²) in [5.74, 6) is 1.71. The van der Waals surface area contributed by atoms with Gasteiger partial charge in [0.2, 0.25) is 5.91 Å². The highest BCUT2D eigenvalue weighted by Crippen LogP contribution is 2.32. The maximum atomic E-state index is 13.3. The molecule has 2 aromatic carbocycles. The third kappa shape index (κ3) is 3.39. The number of anilines is 1. The third-order valence-corrected chi connectivity index (χ3v) is 6.01. The number of nitrogens with zero attached hydrogens (tertiary/aromatic N) is 5. The molecule has 0 saturated carbocycles. The smallest absolute Gasteiger partial charge is 0.233 e. The van der Waals surface area contributed by atoms with Gasteiger partial charge in [0.05, 0.1) is 5.92 Å². The first-order valence-electron chi connectivity index (χ1n) is 10.4. The van der Waals surface area contributed by atoms with Crippen molar-refractivity contribution in [2.45, 2.75) is 25.3 Å². The van der Waals surface area contributed by atoms with Gasteiger partial charge in [-0.3, -0.25) is 4.79 Å². The molecule has 0 aliphatic carbocycles. The van der Waals surface area contributed by atoms with Gasteiger partial charge in [0.25, 0.3) is 0 Å². The number of piperazine rings is 1. The molecule has 0 N–H and O–H groups in total. The zero-order valence-electron chi connectivity index (χ0n) is 16.4. The van der Waals surface area contributed by atoms with Crippen LogP contribution in [0.25, 0.3) is 11.4 Å². The molecule has 3 aromatic rings. The molecule has 6 heteroatoms. The van der Waals surface area contributed by atoms with Crippen molar-refractivity contribution >= 4 is 11.6 Å². The zero-order chi connectivity index (χ0) is 19.6. The Morgan fingerprint density at radius 1 is 0.828 bits per heavy atom. The monoisotopic (exact) mass is 387 g/mol. The Morgan fingerprint density at radius 2 is 1.52 bits per heavy atom. The normalized spacial score (nSPS) is 19.1. The van der Waals surface area contributed by atoms with Crippen LogP contribution in [0.15, 0.2) is 60.7 Å². The number of amides is 1. The first-order chi connectivity index (χ1) is 14.3. The molecule has 1 atom stereocenters. The van der Waals surface area contributed by atoms with Crippen molar-refractivity contribution in [3.05, 3.63) is 66.5 Å². The number of fused-ring (bicyclic) bond motifs is 1. The highest BCUT2D eigenvalue weighted by Gasteiger charge is 2.35. The zero-order valence-corrected chi connectivity index (χ0v) is 16.4. The molecule has 2 aliphatic rings. The fraction of sp³-hybridized carbons (Fsp3) is 0.348. The lowest BCUT2D eigenvalue weighted by Gasteiger charge is -2.38. The number of para-hydroxylation sites is 1. The number of carbonyl (C=O) groups excluding carboxylic acids is 1. The van der Waals surface area contributed by atoms with Crippen LogP contribution >= 0.6 is 0 Å². The van der Waals surface area contributed by atoms with E-state index >= 15 is 0 Å². The lowest BCUT2D eigenvalue weighted by molar-refractivity contribution is -0.133. The standard InChI is InChI=1S/C23H25N5O/c29-23(27-16-14-26(15-17-27)19-10-5-2-6-11-19)20-12-7-13-28-21(24-25-22(20)28)18-8-3-1-4-9-18/h1-6,8-11,20H,7,12-17H2. The summed E-state index contributed by atoms with van der Waals surface area (Å²) in [6.07, 6.45) is 1.83. The quantitative estimate of drug-likeness (QED) is 0.693. The van der Waals surface area contributed by atoms with Gasteiger partial charge in [-0.1, -0.05) is 48.5 Å². The molecular weight excluding hydrogens is 362 g/mol. The van der Waals surface area contributed by atoms with Crippen LogP contribution < -0.4 is 4.90 Å². The molecule has 1 saturated heterocycles. The van der Waals surface area contributed by atoms with Gasteiger partial charge in [-0.2, -0.15) is 0 Å². The molecule has 3 heterocycles. The van der Waals surface area contributed by atoms with E-state index in [1.807, 2.05) is 41.3 Å². The summed E-state index contributed by atoms with van der Waals surface area (Å²) in [5, 5.41) is 8.88. The summed E-state index contributed by atoms with van der Waals surface area (Å²) >= 11 is 0. The van der Waals surface area contributed by atoms with Crippen LogP contribution in [0.5, 0.6) is 0 Å². The largest absolute Gasteiger partial charge is 0.368 e. The van der Waals surface area contributed by atoms with Crippen molar-refractivity contribution in [3.63, 3.8) is 0 Å². The van der Waals surface area contributed by atoms with Crippen LogP contribution in [0.1, 0.15) is 24.6 Å². The minimum absolute atomic E-state index is 0.183. The minimum atomic E-state index is -0.183. The SMILES string of the molecule is O=C(C1CCCn2c(-c3ccccc3)nnc21)N1CCN(c2ccccc2)CC1. The van der Waals surface area contributed by atoms with Crippen LogP contribution in [0, 0.1) is 0 Å². The molecule has 0 bridgehead atoms. The molecule has 29 heavy (non-hydrogen) atoms. The van der Waals surface area contributed by atoms with E-state index in [0.717, 1.165) is 62.8 Å². The summed E-state index contributed by atoms with van der Waals surface area (Å²) in [7, 11) is 0. The summed E-state index contributed by atoms with van der Waals surface area (Å²) in [6, 6.07) is 20.5. The Bertz CT molecular complexity index is 977. The van der Waals surface area contributed by atoms with E-state index in [9.17, 15) is 4.79 Å². The fourth-order valence-corrected chi connectivity index (χ4v) is 4.45. The number of aromatic nitrogens is 3. The van der Waals surface area contributed by atoms with Crippen molar-refractivity contribution in [2.75, 3.05) is 31.1 Å². The first kappa shape index (κ1) is 17.9. The molecule has 1 aromatic heterocycles. The van der Waals surface area contributed by atoms with Crippen LogP contribution in [0.3, 0.4) is 0 Å². The second-order valence-electron chi connectivity index (χ2n) is 7.74. The molecule has 0 spiro atoms. The predicted molar refractivity (Wildman–Crippen MR) is 113 cm³/mol. The van der Waals surface area contributed by atoms with E-state index in [1.165, 1.54) is 5.69 Å². The van der Waals surface area contributed by atoms with E-state index in [-0.39, 0.29) is 11.8 Å². The van der Waals surface area contributed by atoms with Gasteiger partial charge in [-0.15, -0.1) is 10.2 Å². The van der Waals surface area contributed by atoms with E-state index in [0.29, 0.717) is 0 Å². The van der Waals surface area contributed by atoms with Crippen molar-refractivity contribution in [1.82, 2.24) is 19.7 Å². The van der Waals surface area contributed by atoms with Crippen LogP contribution in [-0.2, 0) is 11.3 Å². The highest BCUT2D eigenvalue weighted by molar-refractivity contribution is 5.83. The minimum Gasteiger partial charge on any atom is -0.368 e. The average molecular weight is 387 g/mol. The Labute approximate surface area is 170 Å². The molecule has 5 rings (SSSR count). The fourth-order valence-electron chi connectivity index (χ4n) is 4.45. The summed E-state index contributed by atoms with van der Waals surface area (Å²) < 4.78 is 2.14. The summed E-state index contributed by atoms with van der Waals surface area (Å²) in [5.41, 5.74) is 2.28. The number of hydrogen-bond acceptors (Lipinski definition) is 4. The summed E-state index contributed by atoms with van der Waals surface area (Å²) in [6.45, 7) is 4.11. The molecule has 2 aliphatic heterocycles. The maximum Gasteiger partial charge on any atom is 0.233 e. The Morgan fingerprint density at radius 3 is 2.24 bits per heavy atom. The molecule has 1 amide bonds. The molecule has 1 fully saturated rings. The topological polar surface area (TPSA) is 54.3 Å². The number of benzene rings is 2. The summed E-state index contributed by atoms with van der Waals surface area (Å²) in [4.78, 5) is 17.7.